The Hall–Kier alpha value is -0.530. The molecule has 0 saturated carbocycles. The Kier molecular flexibility index (Phi) is 0.587. The third-order valence-corrected chi connectivity index (χ3v) is 0.787. The van der Waals surface area contributed by atoms with Gasteiger partial charge in [0.25, 0.3) is 0 Å². The van der Waals surface area contributed by atoms with Crippen molar-refractivity contribution in [3.8, 4) is 0 Å². The zero-order valence-electron chi connectivity index (χ0n) is 3.60. The lowest BCUT2D eigenvalue weighted by atomic mass is 10.2. The number of cyclic esters (lactones) is 1. The summed E-state index contributed by atoms with van der Waals surface area (Å²) in [5.74, 6) is -0.0671. The Labute approximate surface area is 36.1 Å². The SMILES string of the molecule is C[C@@H]1CC(=O)O1. The minimum atomic E-state index is -0.0671. The first-order valence-electron chi connectivity index (χ1n) is 1.98. The van der Waals surface area contributed by atoms with Crippen molar-refractivity contribution in [2.24, 2.45) is 0 Å². The molecule has 0 bridgehead atoms. The zero-order valence-corrected chi connectivity index (χ0v) is 3.60. The van der Waals surface area contributed by atoms with Crippen LogP contribution in [0.1, 0.15) is 13.3 Å². The van der Waals surface area contributed by atoms with E-state index in [-0.39, 0.29) is 12.1 Å². The second-order valence-corrected chi connectivity index (χ2v) is 1.50. The van der Waals surface area contributed by atoms with E-state index in [9.17, 15) is 4.79 Å². The minimum absolute atomic E-state index is 0.0671. The van der Waals surface area contributed by atoms with Gasteiger partial charge in [0.2, 0.25) is 0 Å². The van der Waals surface area contributed by atoms with Gasteiger partial charge in [-0.1, -0.05) is 0 Å². The molecule has 1 atom stereocenters. The first-order valence-corrected chi connectivity index (χ1v) is 1.98. The fourth-order valence-corrected chi connectivity index (χ4v) is 0.449. The van der Waals surface area contributed by atoms with Gasteiger partial charge < -0.3 is 4.74 Å². The summed E-state index contributed by atoms with van der Waals surface area (Å²) in [6, 6.07) is 0. The van der Waals surface area contributed by atoms with E-state index in [1.807, 2.05) is 6.92 Å². The molecule has 0 aromatic heterocycles. The number of esters is 1. The third kappa shape index (κ3) is 0.379. The molecule has 0 aromatic carbocycles. The van der Waals surface area contributed by atoms with Crippen LogP contribution in [0.3, 0.4) is 0 Å². The Bertz CT molecular complexity index is 69.6. The number of carbonyl (C=O) groups excluding carboxylic acids is 1. The molecule has 2 heteroatoms. The van der Waals surface area contributed by atoms with Crippen molar-refractivity contribution in [1.82, 2.24) is 0 Å². The number of hydrogen-bond acceptors (Lipinski definition) is 2. The summed E-state index contributed by atoms with van der Waals surface area (Å²) in [5.41, 5.74) is 0. The Morgan fingerprint density at radius 3 is 2.50 bits per heavy atom. The highest BCUT2D eigenvalue weighted by molar-refractivity contribution is 5.74. The standard InChI is InChI=1S/C4H6O2/c1-3-2-4(5)6-3/h3H,2H2,1H3/t3-/m1/s1. The van der Waals surface area contributed by atoms with Gasteiger partial charge in [-0.2, -0.15) is 0 Å². The fourth-order valence-electron chi connectivity index (χ4n) is 0.449. The van der Waals surface area contributed by atoms with Gasteiger partial charge in [0, 0.05) is 0 Å². The number of ether oxygens (including phenoxy) is 1. The van der Waals surface area contributed by atoms with Crippen molar-refractivity contribution in [2.45, 2.75) is 19.4 Å². The van der Waals surface area contributed by atoms with Crippen LogP contribution in [0, 0.1) is 0 Å². The molecule has 1 saturated heterocycles. The summed E-state index contributed by atoms with van der Waals surface area (Å²) in [7, 11) is 0. The van der Waals surface area contributed by atoms with Gasteiger partial charge in [0.1, 0.15) is 6.10 Å². The summed E-state index contributed by atoms with van der Waals surface area (Å²) in [5, 5.41) is 0. The van der Waals surface area contributed by atoms with E-state index in [4.69, 9.17) is 0 Å². The molecular formula is C4H6O2. The van der Waals surface area contributed by atoms with Crippen LogP contribution in [0.2, 0.25) is 0 Å². The average Bonchev–Trinajstić information content (AvgIpc) is 1.33. The summed E-state index contributed by atoms with van der Waals surface area (Å²) < 4.78 is 4.50. The first-order chi connectivity index (χ1) is 2.79. The molecular weight excluding hydrogens is 80.0 g/mol. The molecule has 0 N–H and O–H groups in total. The van der Waals surface area contributed by atoms with Crippen LogP contribution in [0.15, 0.2) is 0 Å². The largest absolute Gasteiger partial charge is 0.462 e. The van der Waals surface area contributed by atoms with E-state index < -0.39 is 0 Å². The van der Waals surface area contributed by atoms with Crippen molar-refractivity contribution in [2.75, 3.05) is 0 Å². The van der Waals surface area contributed by atoms with Crippen LogP contribution in [0.4, 0.5) is 0 Å². The van der Waals surface area contributed by atoms with Crippen LogP contribution in [0.5, 0.6) is 0 Å². The van der Waals surface area contributed by atoms with E-state index in [1.165, 1.54) is 0 Å². The van der Waals surface area contributed by atoms with Crippen LogP contribution < -0.4 is 0 Å². The van der Waals surface area contributed by atoms with E-state index >= 15 is 0 Å². The molecule has 1 heterocycles. The maximum atomic E-state index is 9.89. The Morgan fingerprint density at radius 1 is 2.00 bits per heavy atom. The normalized spacial score (nSPS) is 31.5. The maximum absolute atomic E-state index is 9.89. The molecule has 2 nitrogen and oxygen atoms in total. The van der Waals surface area contributed by atoms with Gasteiger partial charge in [-0.25, -0.2) is 0 Å². The van der Waals surface area contributed by atoms with Gasteiger partial charge in [-0.3, -0.25) is 4.79 Å². The molecule has 1 rings (SSSR count). The molecule has 0 aromatic rings. The molecule has 6 heavy (non-hydrogen) atoms. The topological polar surface area (TPSA) is 26.3 Å². The minimum Gasteiger partial charge on any atom is -0.462 e. The first kappa shape index (κ1) is 3.65. The lowest BCUT2D eigenvalue weighted by Gasteiger charge is -2.20. The van der Waals surface area contributed by atoms with Crippen LogP contribution >= 0.6 is 0 Å². The number of hydrogen-bond donors (Lipinski definition) is 0. The molecule has 0 radical (unpaired) electrons. The Morgan fingerprint density at radius 2 is 2.50 bits per heavy atom. The van der Waals surface area contributed by atoms with E-state index in [0.717, 1.165) is 0 Å². The molecule has 0 aliphatic carbocycles. The van der Waals surface area contributed by atoms with Crippen molar-refractivity contribution < 1.29 is 9.53 Å². The molecule has 34 valence electrons. The van der Waals surface area contributed by atoms with E-state index in [1.54, 1.807) is 0 Å². The quantitative estimate of drug-likeness (QED) is 0.397. The molecule has 1 aliphatic rings. The Balaban J connectivity index is 2.28. The highest BCUT2D eigenvalue weighted by Gasteiger charge is 2.22. The predicted molar refractivity (Wildman–Crippen MR) is 20.2 cm³/mol. The molecule has 0 spiro atoms. The number of carbonyl (C=O) groups is 1. The van der Waals surface area contributed by atoms with Gasteiger partial charge >= 0.3 is 5.97 Å². The van der Waals surface area contributed by atoms with Crippen LogP contribution in [-0.4, -0.2) is 12.1 Å². The van der Waals surface area contributed by atoms with Crippen LogP contribution in [-0.2, 0) is 9.53 Å². The fraction of sp³-hybridized carbons (Fsp3) is 0.750. The monoisotopic (exact) mass is 86.0 g/mol. The van der Waals surface area contributed by atoms with Gasteiger partial charge in [0.15, 0.2) is 0 Å². The van der Waals surface area contributed by atoms with Gasteiger partial charge in [-0.05, 0) is 6.92 Å². The van der Waals surface area contributed by atoms with Gasteiger partial charge in [0.05, 0.1) is 6.42 Å². The summed E-state index contributed by atoms with van der Waals surface area (Å²) in [6.07, 6.45) is 0.803. The summed E-state index contributed by atoms with van der Waals surface area (Å²) >= 11 is 0. The van der Waals surface area contributed by atoms with Crippen LogP contribution in [0.25, 0.3) is 0 Å². The van der Waals surface area contributed by atoms with Crippen molar-refractivity contribution in [3.05, 3.63) is 0 Å². The summed E-state index contributed by atoms with van der Waals surface area (Å²) in [6.45, 7) is 1.88. The molecule has 1 fully saturated rings. The van der Waals surface area contributed by atoms with Crippen molar-refractivity contribution in [3.63, 3.8) is 0 Å². The highest BCUT2D eigenvalue weighted by Crippen LogP contribution is 2.10. The van der Waals surface area contributed by atoms with E-state index in [2.05, 4.69) is 4.74 Å². The van der Waals surface area contributed by atoms with Crippen molar-refractivity contribution >= 4 is 5.97 Å². The zero-order chi connectivity index (χ0) is 4.57. The average molecular weight is 86.1 g/mol. The second kappa shape index (κ2) is 0.965. The maximum Gasteiger partial charge on any atom is 0.309 e. The lowest BCUT2D eigenvalue weighted by molar-refractivity contribution is -0.167. The smallest absolute Gasteiger partial charge is 0.309 e. The predicted octanol–water partition coefficient (Wildman–Crippen LogP) is 0.322. The molecule has 0 amide bonds. The molecule has 0 unspecified atom stereocenters. The van der Waals surface area contributed by atoms with Crippen molar-refractivity contribution in [1.29, 1.82) is 0 Å². The summed E-state index contributed by atoms with van der Waals surface area (Å²) in [4.78, 5) is 9.89. The lowest BCUT2D eigenvalue weighted by Crippen LogP contribution is -2.29. The van der Waals surface area contributed by atoms with E-state index in [0.29, 0.717) is 6.42 Å². The second-order valence-electron chi connectivity index (χ2n) is 1.50. The molecule has 1 aliphatic heterocycles. The highest BCUT2D eigenvalue weighted by atomic mass is 16.6. The third-order valence-electron chi connectivity index (χ3n) is 0.787. The van der Waals surface area contributed by atoms with Gasteiger partial charge in [-0.15, -0.1) is 0 Å². The number of rotatable bonds is 0.